The summed E-state index contributed by atoms with van der Waals surface area (Å²) in [7, 11) is 1.90. The van der Waals surface area contributed by atoms with E-state index in [-0.39, 0.29) is 0 Å². The Morgan fingerprint density at radius 1 is 1.35 bits per heavy atom. The van der Waals surface area contributed by atoms with Crippen LogP contribution >= 0.6 is 11.8 Å². The van der Waals surface area contributed by atoms with Crippen molar-refractivity contribution >= 4 is 28.6 Å². The first-order valence-corrected chi connectivity index (χ1v) is 6.97. The van der Waals surface area contributed by atoms with Gasteiger partial charge in [0.15, 0.2) is 5.65 Å². The van der Waals surface area contributed by atoms with E-state index in [0.717, 1.165) is 16.9 Å². The number of hydrogen-bond acceptors (Lipinski definition) is 5. The zero-order valence-corrected chi connectivity index (χ0v) is 10.6. The normalized spacial score (nSPS) is 17.5. The molecule has 2 aromatic rings. The number of anilines is 1. The van der Waals surface area contributed by atoms with E-state index in [1.807, 2.05) is 25.0 Å². The monoisotopic (exact) mass is 249 g/mol. The van der Waals surface area contributed by atoms with E-state index < -0.39 is 0 Å². The second-order valence-electron chi connectivity index (χ2n) is 4.26. The lowest BCUT2D eigenvalue weighted by Crippen LogP contribution is -2.25. The standard InChI is InChI=1S/C11H15N5S/c1-16-11-9(6-14-16)10(12-7-13-11)15-8-2-4-17-5-3-8/h6-8H,2-5H2,1H3,(H,12,13,15). The first kappa shape index (κ1) is 10.8. The summed E-state index contributed by atoms with van der Waals surface area (Å²) in [6.45, 7) is 0. The highest BCUT2D eigenvalue weighted by atomic mass is 32.2. The molecule has 0 bridgehead atoms. The quantitative estimate of drug-likeness (QED) is 0.877. The Balaban J connectivity index is 1.89. The zero-order chi connectivity index (χ0) is 11.7. The number of hydrogen-bond donors (Lipinski definition) is 1. The molecule has 6 heteroatoms. The van der Waals surface area contributed by atoms with E-state index in [1.165, 1.54) is 24.3 Å². The molecule has 0 radical (unpaired) electrons. The maximum atomic E-state index is 4.33. The van der Waals surface area contributed by atoms with Gasteiger partial charge in [-0.15, -0.1) is 0 Å². The van der Waals surface area contributed by atoms with Crippen LogP contribution in [0.2, 0.25) is 0 Å². The molecule has 3 heterocycles. The van der Waals surface area contributed by atoms with Crippen LogP contribution in [-0.4, -0.2) is 37.3 Å². The highest BCUT2D eigenvalue weighted by Gasteiger charge is 2.16. The molecule has 0 aromatic carbocycles. The second-order valence-corrected chi connectivity index (χ2v) is 5.48. The molecule has 0 amide bonds. The first-order valence-electron chi connectivity index (χ1n) is 5.81. The summed E-state index contributed by atoms with van der Waals surface area (Å²) < 4.78 is 1.78. The number of aryl methyl sites for hydroxylation is 1. The summed E-state index contributed by atoms with van der Waals surface area (Å²) >= 11 is 2.03. The van der Waals surface area contributed by atoms with Crippen LogP contribution in [0.3, 0.4) is 0 Å². The Hall–Kier alpha value is -1.30. The van der Waals surface area contributed by atoms with E-state index >= 15 is 0 Å². The number of fused-ring (bicyclic) bond motifs is 1. The molecule has 2 aromatic heterocycles. The van der Waals surface area contributed by atoms with Gasteiger partial charge in [-0.3, -0.25) is 4.68 Å². The third kappa shape index (κ3) is 2.09. The van der Waals surface area contributed by atoms with Crippen molar-refractivity contribution in [3.8, 4) is 0 Å². The molecule has 1 N–H and O–H groups in total. The van der Waals surface area contributed by atoms with E-state index in [4.69, 9.17) is 0 Å². The fourth-order valence-electron chi connectivity index (χ4n) is 2.11. The highest BCUT2D eigenvalue weighted by Crippen LogP contribution is 2.23. The Bertz CT molecular complexity index is 518. The lowest BCUT2D eigenvalue weighted by atomic mass is 10.1. The van der Waals surface area contributed by atoms with Crippen molar-refractivity contribution in [1.82, 2.24) is 19.7 Å². The van der Waals surface area contributed by atoms with Gasteiger partial charge >= 0.3 is 0 Å². The van der Waals surface area contributed by atoms with E-state index in [1.54, 1.807) is 11.0 Å². The van der Waals surface area contributed by atoms with Crippen LogP contribution < -0.4 is 5.32 Å². The molecule has 1 aliphatic rings. The van der Waals surface area contributed by atoms with Crippen LogP contribution in [0, 0.1) is 0 Å². The molecule has 3 rings (SSSR count). The highest BCUT2D eigenvalue weighted by molar-refractivity contribution is 7.99. The van der Waals surface area contributed by atoms with Crippen LogP contribution in [0.4, 0.5) is 5.82 Å². The predicted octanol–water partition coefficient (Wildman–Crippen LogP) is 1.67. The summed E-state index contributed by atoms with van der Waals surface area (Å²) in [6.07, 6.45) is 5.84. The molecule has 0 saturated carbocycles. The number of thioether (sulfide) groups is 1. The van der Waals surface area contributed by atoms with Crippen molar-refractivity contribution in [3.05, 3.63) is 12.5 Å². The minimum atomic E-state index is 0.537. The fourth-order valence-corrected chi connectivity index (χ4v) is 3.22. The molecule has 17 heavy (non-hydrogen) atoms. The molecule has 90 valence electrons. The summed E-state index contributed by atoms with van der Waals surface area (Å²) in [5, 5.41) is 8.75. The first-order chi connectivity index (χ1) is 8.34. The van der Waals surface area contributed by atoms with Gasteiger partial charge in [0, 0.05) is 13.1 Å². The van der Waals surface area contributed by atoms with Gasteiger partial charge in [0.05, 0.1) is 11.6 Å². The van der Waals surface area contributed by atoms with E-state index in [0.29, 0.717) is 6.04 Å². The number of nitrogens with zero attached hydrogens (tertiary/aromatic N) is 4. The van der Waals surface area contributed by atoms with E-state index in [9.17, 15) is 0 Å². The maximum absolute atomic E-state index is 4.33. The van der Waals surface area contributed by atoms with Crippen molar-refractivity contribution in [2.45, 2.75) is 18.9 Å². The second kappa shape index (κ2) is 4.52. The molecule has 1 fully saturated rings. The zero-order valence-electron chi connectivity index (χ0n) is 9.76. The van der Waals surface area contributed by atoms with Gasteiger partial charge in [-0.25, -0.2) is 9.97 Å². The van der Waals surface area contributed by atoms with Crippen molar-refractivity contribution in [2.75, 3.05) is 16.8 Å². The molecule has 0 aliphatic carbocycles. The van der Waals surface area contributed by atoms with Gasteiger partial charge in [0.25, 0.3) is 0 Å². The lowest BCUT2D eigenvalue weighted by molar-refractivity contribution is 0.664. The smallest absolute Gasteiger partial charge is 0.163 e. The summed E-state index contributed by atoms with van der Waals surface area (Å²) in [6, 6.07) is 0.537. The van der Waals surface area contributed by atoms with Crippen LogP contribution in [0.5, 0.6) is 0 Å². The molecule has 0 spiro atoms. The van der Waals surface area contributed by atoms with Crippen LogP contribution in [-0.2, 0) is 7.05 Å². The third-order valence-corrected chi connectivity index (χ3v) is 4.14. The van der Waals surface area contributed by atoms with E-state index in [2.05, 4.69) is 20.4 Å². The molecular formula is C11H15N5S. The minimum Gasteiger partial charge on any atom is -0.367 e. The lowest BCUT2D eigenvalue weighted by Gasteiger charge is -2.23. The number of nitrogens with one attached hydrogen (secondary N) is 1. The summed E-state index contributed by atoms with van der Waals surface area (Å²) in [5.41, 5.74) is 0.882. The molecule has 5 nitrogen and oxygen atoms in total. The molecule has 1 aliphatic heterocycles. The van der Waals surface area contributed by atoms with Gasteiger partial charge in [-0.2, -0.15) is 16.9 Å². The summed E-state index contributed by atoms with van der Waals surface area (Å²) in [5.74, 6) is 3.39. The van der Waals surface area contributed by atoms with Crippen molar-refractivity contribution in [1.29, 1.82) is 0 Å². The predicted molar refractivity (Wildman–Crippen MR) is 70.3 cm³/mol. The fraction of sp³-hybridized carbons (Fsp3) is 0.545. The Labute approximate surface area is 104 Å². The Kier molecular flexibility index (Phi) is 2.88. The third-order valence-electron chi connectivity index (χ3n) is 3.09. The van der Waals surface area contributed by atoms with Gasteiger partial charge in [0.2, 0.25) is 0 Å². The van der Waals surface area contributed by atoms with Crippen molar-refractivity contribution in [3.63, 3.8) is 0 Å². The Morgan fingerprint density at radius 3 is 3.00 bits per heavy atom. The summed E-state index contributed by atoms with van der Waals surface area (Å²) in [4.78, 5) is 8.57. The largest absolute Gasteiger partial charge is 0.367 e. The number of aromatic nitrogens is 4. The maximum Gasteiger partial charge on any atom is 0.163 e. The van der Waals surface area contributed by atoms with Gasteiger partial charge < -0.3 is 5.32 Å². The van der Waals surface area contributed by atoms with Gasteiger partial charge in [-0.1, -0.05) is 0 Å². The van der Waals surface area contributed by atoms with Gasteiger partial charge in [-0.05, 0) is 24.3 Å². The minimum absolute atomic E-state index is 0.537. The molecule has 1 saturated heterocycles. The van der Waals surface area contributed by atoms with Crippen LogP contribution in [0.25, 0.3) is 11.0 Å². The van der Waals surface area contributed by atoms with Crippen molar-refractivity contribution < 1.29 is 0 Å². The molecule has 0 atom stereocenters. The van der Waals surface area contributed by atoms with Crippen molar-refractivity contribution in [2.24, 2.45) is 7.05 Å². The van der Waals surface area contributed by atoms with Crippen LogP contribution in [0.15, 0.2) is 12.5 Å². The molecule has 0 unspecified atom stereocenters. The SMILES string of the molecule is Cn1ncc2c(NC3CCSCC3)ncnc21. The Morgan fingerprint density at radius 2 is 2.18 bits per heavy atom. The van der Waals surface area contributed by atoms with Gasteiger partial charge in [0.1, 0.15) is 12.1 Å². The number of rotatable bonds is 2. The average Bonchev–Trinajstić information content (AvgIpc) is 2.74. The van der Waals surface area contributed by atoms with Crippen LogP contribution in [0.1, 0.15) is 12.8 Å². The average molecular weight is 249 g/mol. The molecular weight excluding hydrogens is 234 g/mol. The topological polar surface area (TPSA) is 55.6 Å².